The molecule has 0 atom stereocenters. The molecule has 1 rings (SSSR count). The van der Waals surface area contributed by atoms with Crippen molar-refractivity contribution in [1.82, 2.24) is 10.4 Å². The molecule has 4 amide bonds. The molecule has 1 fully saturated rings. The number of methoxy groups -OCH3 is 1. The van der Waals surface area contributed by atoms with E-state index in [1.54, 1.807) is 5.32 Å². The lowest BCUT2D eigenvalue weighted by molar-refractivity contribution is -0.171. The molecular weight excluding hydrogens is 208 g/mol. The SMILES string of the molecule is COC(=O)NC(=O)ON1C(=O)CCC1=O. The first kappa shape index (κ1) is 11.0. The first-order valence-electron chi connectivity index (χ1n) is 3.97. The highest BCUT2D eigenvalue weighted by Crippen LogP contribution is 2.11. The summed E-state index contributed by atoms with van der Waals surface area (Å²) in [6.45, 7) is 0. The largest absolute Gasteiger partial charge is 0.453 e. The van der Waals surface area contributed by atoms with Crippen LogP contribution in [0.1, 0.15) is 12.8 Å². The van der Waals surface area contributed by atoms with Crippen LogP contribution in [-0.4, -0.2) is 36.2 Å². The average molecular weight is 216 g/mol. The van der Waals surface area contributed by atoms with Crippen molar-refractivity contribution < 1.29 is 28.8 Å². The monoisotopic (exact) mass is 216 g/mol. The zero-order valence-electron chi connectivity index (χ0n) is 7.81. The summed E-state index contributed by atoms with van der Waals surface area (Å²) < 4.78 is 4.10. The Morgan fingerprint density at radius 2 is 1.73 bits per heavy atom. The summed E-state index contributed by atoms with van der Waals surface area (Å²) in [6, 6.07) is 0. The van der Waals surface area contributed by atoms with E-state index in [2.05, 4.69) is 9.57 Å². The molecule has 0 aromatic carbocycles. The van der Waals surface area contributed by atoms with Gasteiger partial charge in [0.05, 0.1) is 7.11 Å². The second-order valence-electron chi connectivity index (χ2n) is 2.58. The van der Waals surface area contributed by atoms with Crippen LogP contribution in [0.4, 0.5) is 9.59 Å². The maximum absolute atomic E-state index is 11.0. The summed E-state index contributed by atoms with van der Waals surface area (Å²) in [7, 11) is 1.05. The van der Waals surface area contributed by atoms with Crippen molar-refractivity contribution in [3.63, 3.8) is 0 Å². The van der Waals surface area contributed by atoms with Gasteiger partial charge < -0.3 is 9.57 Å². The van der Waals surface area contributed by atoms with Crippen molar-refractivity contribution in [2.24, 2.45) is 0 Å². The predicted molar refractivity (Wildman–Crippen MR) is 43.1 cm³/mol. The smallest absolute Gasteiger partial charge is 0.441 e. The molecule has 15 heavy (non-hydrogen) atoms. The molecule has 1 heterocycles. The van der Waals surface area contributed by atoms with Gasteiger partial charge in [-0.15, -0.1) is 5.06 Å². The van der Waals surface area contributed by atoms with Gasteiger partial charge in [0.1, 0.15) is 0 Å². The van der Waals surface area contributed by atoms with E-state index in [4.69, 9.17) is 0 Å². The van der Waals surface area contributed by atoms with Gasteiger partial charge in [0, 0.05) is 12.8 Å². The molecular formula is C7H8N2O6. The van der Waals surface area contributed by atoms with Crippen molar-refractivity contribution in [2.45, 2.75) is 12.8 Å². The molecule has 82 valence electrons. The van der Waals surface area contributed by atoms with Gasteiger partial charge in [-0.1, -0.05) is 0 Å². The summed E-state index contributed by atoms with van der Waals surface area (Å²) in [5, 5.41) is 1.95. The highest BCUT2D eigenvalue weighted by atomic mass is 16.7. The molecule has 0 saturated carbocycles. The van der Waals surface area contributed by atoms with Crippen LogP contribution < -0.4 is 5.32 Å². The van der Waals surface area contributed by atoms with Gasteiger partial charge in [0.25, 0.3) is 11.8 Å². The molecule has 1 saturated heterocycles. The number of nitrogens with one attached hydrogen (secondary N) is 1. The van der Waals surface area contributed by atoms with Crippen LogP contribution >= 0.6 is 0 Å². The first-order chi connectivity index (χ1) is 7.04. The average Bonchev–Trinajstić information content (AvgIpc) is 2.49. The molecule has 0 aromatic rings. The topological polar surface area (TPSA) is 102 Å². The van der Waals surface area contributed by atoms with E-state index >= 15 is 0 Å². The molecule has 8 heteroatoms. The Hall–Kier alpha value is -2.12. The lowest BCUT2D eigenvalue weighted by Crippen LogP contribution is -2.39. The Morgan fingerprint density at radius 3 is 2.20 bits per heavy atom. The minimum atomic E-state index is -1.24. The molecule has 0 unspecified atom stereocenters. The summed E-state index contributed by atoms with van der Waals surface area (Å²) >= 11 is 0. The molecule has 0 spiro atoms. The van der Waals surface area contributed by atoms with Crippen LogP contribution in [0.15, 0.2) is 0 Å². The minimum Gasteiger partial charge on any atom is -0.453 e. The minimum absolute atomic E-state index is 0.00959. The number of carbonyl (C=O) groups excluding carboxylic acids is 4. The molecule has 1 aliphatic rings. The van der Waals surface area contributed by atoms with Crippen molar-refractivity contribution >= 4 is 24.0 Å². The number of hydroxylamine groups is 2. The van der Waals surface area contributed by atoms with Crippen LogP contribution in [0, 0.1) is 0 Å². The van der Waals surface area contributed by atoms with Crippen molar-refractivity contribution in [3.8, 4) is 0 Å². The third kappa shape index (κ3) is 2.66. The van der Waals surface area contributed by atoms with Crippen LogP contribution in [0.5, 0.6) is 0 Å². The number of hydrogen-bond acceptors (Lipinski definition) is 6. The zero-order valence-corrected chi connectivity index (χ0v) is 7.81. The lowest BCUT2D eigenvalue weighted by atomic mass is 10.4. The number of hydrogen-bond donors (Lipinski definition) is 1. The van der Waals surface area contributed by atoms with E-state index in [1.807, 2.05) is 0 Å². The third-order valence-corrected chi connectivity index (χ3v) is 1.57. The van der Waals surface area contributed by atoms with Gasteiger partial charge in [-0.05, 0) is 0 Å². The van der Waals surface area contributed by atoms with Gasteiger partial charge in [-0.3, -0.25) is 9.59 Å². The van der Waals surface area contributed by atoms with E-state index in [-0.39, 0.29) is 12.8 Å². The van der Waals surface area contributed by atoms with Crippen LogP contribution in [0.2, 0.25) is 0 Å². The van der Waals surface area contributed by atoms with Crippen molar-refractivity contribution in [2.75, 3.05) is 7.11 Å². The Labute approximate surface area is 84.1 Å². The number of rotatable bonds is 1. The fourth-order valence-corrected chi connectivity index (χ4v) is 0.898. The van der Waals surface area contributed by atoms with E-state index in [1.165, 1.54) is 0 Å². The zero-order chi connectivity index (χ0) is 11.4. The van der Waals surface area contributed by atoms with E-state index in [0.717, 1.165) is 7.11 Å². The second-order valence-corrected chi connectivity index (χ2v) is 2.58. The van der Waals surface area contributed by atoms with E-state index in [0.29, 0.717) is 5.06 Å². The Kier molecular flexibility index (Phi) is 3.21. The van der Waals surface area contributed by atoms with E-state index < -0.39 is 24.0 Å². The summed E-state index contributed by atoms with van der Waals surface area (Å²) in [5.41, 5.74) is 0. The van der Waals surface area contributed by atoms with Gasteiger partial charge in [0.15, 0.2) is 0 Å². The number of carbonyl (C=O) groups is 4. The number of nitrogens with zero attached hydrogens (tertiary/aromatic N) is 1. The lowest BCUT2D eigenvalue weighted by Gasteiger charge is -2.11. The normalized spacial score (nSPS) is 15.1. The number of imide groups is 2. The first-order valence-corrected chi connectivity index (χ1v) is 3.97. The summed E-state index contributed by atoms with van der Waals surface area (Å²) in [6.07, 6.45) is -2.31. The molecule has 0 radical (unpaired) electrons. The molecule has 8 nitrogen and oxygen atoms in total. The molecule has 0 aromatic heterocycles. The molecule has 0 bridgehead atoms. The summed E-state index contributed by atoms with van der Waals surface area (Å²) in [5.74, 6) is -1.25. The summed E-state index contributed by atoms with van der Waals surface area (Å²) in [4.78, 5) is 47.6. The molecule has 1 N–H and O–H groups in total. The predicted octanol–water partition coefficient (Wildman–Crippen LogP) is -0.457. The number of ether oxygens (including phenoxy) is 1. The van der Waals surface area contributed by atoms with Crippen molar-refractivity contribution in [3.05, 3.63) is 0 Å². The van der Waals surface area contributed by atoms with Crippen LogP contribution in [0.3, 0.4) is 0 Å². The van der Waals surface area contributed by atoms with Crippen molar-refractivity contribution in [1.29, 1.82) is 0 Å². The third-order valence-electron chi connectivity index (χ3n) is 1.57. The van der Waals surface area contributed by atoms with Gasteiger partial charge in [0.2, 0.25) is 0 Å². The highest BCUT2D eigenvalue weighted by molar-refractivity contribution is 6.02. The van der Waals surface area contributed by atoms with Gasteiger partial charge in [-0.25, -0.2) is 14.9 Å². The Bertz CT molecular complexity index is 309. The standard InChI is InChI=1S/C7H8N2O6/c1-14-6(12)8-7(13)15-9-4(10)2-3-5(9)11/h2-3H2,1H3,(H,8,12,13). The fraction of sp³-hybridized carbons (Fsp3) is 0.429. The molecule has 0 aliphatic carbocycles. The van der Waals surface area contributed by atoms with Crippen LogP contribution in [0.25, 0.3) is 0 Å². The fourth-order valence-electron chi connectivity index (χ4n) is 0.898. The Balaban J connectivity index is 2.47. The maximum Gasteiger partial charge on any atom is 0.441 e. The van der Waals surface area contributed by atoms with Gasteiger partial charge in [-0.2, -0.15) is 0 Å². The van der Waals surface area contributed by atoms with E-state index in [9.17, 15) is 19.2 Å². The number of alkyl carbamates (subject to hydrolysis) is 1. The van der Waals surface area contributed by atoms with Crippen LogP contribution in [-0.2, 0) is 19.2 Å². The molecule has 1 aliphatic heterocycles. The Morgan fingerprint density at radius 1 is 1.20 bits per heavy atom. The maximum atomic E-state index is 11.0. The quantitative estimate of drug-likeness (QED) is 0.595. The second kappa shape index (κ2) is 4.40. The number of amides is 4. The highest BCUT2D eigenvalue weighted by Gasteiger charge is 2.33. The van der Waals surface area contributed by atoms with Gasteiger partial charge >= 0.3 is 12.2 Å².